The van der Waals surface area contributed by atoms with Crippen LogP contribution in [0.5, 0.6) is 5.75 Å². The summed E-state index contributed by atoms with van der Waals surface area (Å²) in [6.07, 6.45) is 3.46. The summed E-state index contributed by atoms with van der Waals surface area (Å²) in [5.74, 6) is -1.69. The second kappa shape index (κ2) is 4.64. The largest absolute Gasteiger partial charge is 0.505 e. The highest BCUT2D eigenvalue weighted by Gasteiger charge is 2.40. The van der Waals surface area contributed by atoms with Crippen molar-refractivity contribution in [1.29, 1.82) is 0 Å². The molecular formula is C12H14N2O4. The molecule has 1 heterocycles. The van der Waals surface area contributed by atoms with Crippen LogP contribution < -0.4 is 5.32 Å². The van der Waals surface area contributed by atoms with Crippen LogP contribution in [0.1, 0.15) is 36.2 Å². The van der Waals surface area contributed by atoms with Gasteiger partial charge in [0.1, 0.15) is 5.75 Å². The summed E-state index contributed by atoms with van der Waals surface area (Å²) in [5, 5.41) is 21.0. The average molecular weight is 250 g/mol. The molecule has 1 aliphatic rings. The van der Waals surface area contributed by atoms with Gasteiger partial charge >= 0.3 is 5.97 Å². The molecule has 1 aromatic heterocycles. The molecule has 0 radical (unpaired) electrons. The molecule has 0 aliphatic heterocycles. The Kier molecular flexibility index (Phi) is 3.18. The number of nitrogens with one attached hydrogen (secondary N) is 1. The first-order valence-corrected chi connectivity index (χ1v) is 5.71. The number of carbonyl (C=O) groups is 2. The lowest BCUT2D eigenvalue weighted by molar-refractivity contribution is -0.139. The first kappa shape index (κ1) is 12.3. The van der Waals surface area contributed by atoms with E-state index in [1.807, 2.05) is 0 Å². The fourth-order valence-corrected chi connectivity index (χ4v) is 2.11. The fraction of sp³-hybridized carbons (Fsp3) is 0.417. The smallest absolute Gasteiger partial charge is 0.305 e. The van der Waals surface area contributed by atoms with E-state index in [2.05, 4.69) is 10.3 Å². The van der Waals surface area contributed by atoms with Crippen LogP contribution in [-0.2, 0) is 4.79 Å². The summed E-state index contributed by atoms with van der Waals surface area (Å²) < 4.78 is 0. The Balaban J connectivity index is 2.11. The van der Waals surface area contributed by atoms with E-state index >= 15 is 0 Å². The number of hydrogen-bond donors (Lipinski definition) is 3. The van der Waals surface area contributed by atoms with E-state index in [4.69, 9.17) is 5.11 Å². The quantitative estimate of drug-likeness (QED) is 0.737. The number of amides is 1. The minimum absolute atomic E-state index is 0.0748. The summed E-state index contributed by atoms with van der Waals surface area (Å²) in [7, 11) is 0. The molecule has 6 nitrogen and oxygen atoms in total. The molecule has 18 heavy (non-hydrogen) atoms. The Bertz CT molecular complexity index is 483. The maximum atomic E-state index is 11.9. The minimum atomic E-state index is -0.944. The van der Waals surface area contributed by atoms with Crippen molar-refractivity contribution in [3.8, 4) is 5.75 Å². The van der Waals surface area contributed by atoms with Crippen LogP contribution in [0, 0.1) is 0 Å². The average Bonchev–Trinajstić information content (AvgIpc) is 2.25. The second-order valence-electron chi connectivity index (χ2n) is 4.53. The van der Waals surface area contributed by atoms with Gasteiger partial charge in [-0.1, -0.05) is 0 Å². The van der Waals surface area contributed by atoms with Gasteiger partial charge in [0.05, 0.1) is 12.0 Å². The number of aromatic hydroxyl groups is 1. The number of carboxylic acids is 1. The Morgan fingerprint density at radius 3 is 2.67 bits per heavy atom. The number of hydrogen-bond acceptors (Lipinski definition) is 4. The number of nitrogens with zero attached hydrogens (tertiary/aromatic N) is 1. The van der Waals surface area contributed by atoms with Crippen LogP contribution >= 0.6 is 0 Å². The van der Waals surface area contributed by atoms with Crippen molar-refractivity contribution in [3.63, 3.8) is 0 Å². The zero-order chi connectivity index (χ0) is 13.2. The minimum Gasteiger partial charge on any atom is -0.505 e. The first-order valence-electron chi connectivity index (χ1n) is 5.71. The van der Waals surface area contributed by atoms with Crippen LogP contribution in [0.4, 0.5) is 0 Å². The van der Waals surface area contributed by atoms with Crippen molar-refractivity contribution >= 4 is 11.9 Å². The molecule has 1 saturated carbocycles. The topological polar surface area (TPSA) is 99.5 Å². The van der Waals surface area contributed by atoms with Crippen LogP contribution in [0.2, 0.25) is 0 Å². The van der Waals surface area contributed by atoms with Crippen molar-refractivity contribution in [2.45, 2.75) is 31.2 Å². The van der Waals surface area contributed by atoms with E-state index in [0.717, 1.165) is 6.42 Å². The summed E-state index contributed by atoms with van der Waals surface area (Å²) in [6, 6.07) is 2.88. The van der Waals surface area contributed by atoms with Crippen LogP contribution in [0.3, 0.4) is 0 Å². The molecule has 0 saturated heterocycles. The Hall–Kier alpha value is -2.11. The third kappa shape index (κ3) is 2.42. The molecule has 0 unspecified atom stereocenters. The zero-order valence-electron chi connectivity index (χ0n) is 9.72. The number of pyridine rings is 1. The van der Waals surface area contributed by atoms with Gasteiger partial charge < -0.3 is 15.5 Å². The number of aromatic nitrogens is 1. The monoisotopic (exact) mass is 250 g/mol. The van der Waals surface area contributed by atoms with Crippen molar-refractivity contribution in [2.24, 2.45) is 0 Å². The highest BCUT2D eigenvalue weighted by atomic mass is 16.4. The molecule has 0 atom stereocenters. The van der Waals surface area contributed by atoms with Crippen LogP contribution in [-0.4, -0.2) is 32.6 Å². The molecule has 1 amide bonds. The highest BCUT2D eigenvalue weighted by molar-refractivity contribution is 5.95. The van der Waals surface area contributed by atoms with Gasteiger partial charge in [0.15, 0.2) is 5.69 Å². The number of aliphatic carboxylic acids is 1. The Morgan fingerprint density at radius 1 is 1.44 bits per heavy atom. The summed E-state index contributed by atoms with van der Waals surface area (Å²) >= 11 is 0. The Labute approximate surface area is 104 Å². The lowest BCUT2D eigenvalue weighted by atomic mass is 9.74. The lowest BCUT2D eigenvalue weighted by Gasteiger charge is -2.41. The third-order valence-corrected chi connectivity index (χ3v) is 3.18. The van der Waals surface area contributed by atoms with Gasteiger partial charge in [-0.2, -0.15) is 0 Å². The molecule has 3 N–H and O–H groups in total. The van der Waals surface area contributed by atoms with Crippen molar-refractivity contribution in [1.82, 2.24) is 10.3 Å². The van der Waals surface area contributed by atoms with Crippen molar-refractivity contribution in [3.05, 3.63) is 24.0 Å². The van der Waals surface area contributed by atoms with Gasteiger partial charge in [-0.25, -0.2) is 4.98 Å². The summed E-state index contributed by atoms with van der Waals surface area (Å²) in [5.41, 5.74) is -0.762. The molecule has 1 fully saturated rings. The van der Waals surface area contributed by atoms with Crippen LogP contribution in [0.25, 0.3) is 0 Å². The number of carboxylic acid groups (broad SMARTS) is 1. The van der Waals surface area contributed by atoms with E-state index in [1.54, 1.807) is 0 Å². The summed E-state index contributed by atoms with van der Waals surface area (Å²) in [4.78, 5) is 26.5. The standard InChI is InChI=1S/C12H14N2O4/c15-8-3-1-6-13-10(8)11(18)14-12(4-2-5-12)7-9(16)17/h1,3,6,15H,2,4-5,7H2,(H,14,18)(H,16,17). The van der Waals surface area contributed by atoms with Gasteiger partial charge in [-0.3, -0.25) is 9.59 Å². The molecule has 1 aromatic rings. The molecule has 2 rings (SSSR count). The molecule has 1 aliphatic carbocycles. The highest BCUT2D eigenvalue weighted by Crippen LogP contribution is 2.35. The van der Waals surface area contributed by atoms with E-state index in [1.165, 1.54) is 18.3 Å². The molecular weight excluding hydrogens is 236 g/mol. The van der Waals surface area contributed by atoms with E-state index < -0.39 is 17.4 Å². The van der Waals surface area contributed by atoms with Crippen molar-refractivity contribution < 1.29 is 19.8 Å². The maximum Gasteiger partial charge on any atom is 0.305 e. The van der Waals surface area contributed by atoms with Crippen molar-refractivity contribution in [2.75, 3.05) is 0 Å². The predicted molar refractivity (Wildman–Crippen MR) is 62.2 cm³/mol. The number of rotatable bonds is 4. The third-order valence-electron chi connectivity index (χ3n) is 3.18. The maximum absolute atomic E-state index is 11.9. The molecule has 0 spiro atoms. The molecule has 0 bridgehead atoms. The van der Waals surface area contributed by atoms with Gasteiger partial charge in [-0.05, 0) is 31.4 Å². The molecule has 0 aromatic carbocycles. The predicted octanol–water partition coefficient (Wildman–Crippen LogP) is 0.914. The van der Waals surface area contributed by atoms with Crippen LogP contribution in [0.15, 0.2) is 18.3 Å². The zero-order valence-corrected chi connectivity index (χ0v) is 9.72. The molecule has 96 valence electrons. The van der Waals surface area contributed by atoms with Gasteiger partial charge in [0.2, 0.25) is 0 Å². The van der Waals surface area contributed by atoms with E-state index in [9.17, 15) is 14.7 Å². The first-order chi connectivity index (χ1) is 8.52. The SMILES string of the molecule is O=C(O)CC1(NC(=O)c2ncccc2O)CCC1. The Morgan fingerprint density at radius 2 is 2.17 bits per heavy atom. The number of carbonyl (C=O) groups excluding carboxylic acids is 1. The van der Waals surface area contributed by atoms with E-state index in [-0.39, 0.29) is 17.9 Å². The molecule has 6 heteroatoms. The lowest BCUT2D eigenvalue weighted by Crippen LogP contribution is -2.54. The van der Waals surface area contributed by atoms with Gasteiger partial charge in [-0.15, -0.1) is 0 Å². The summed E-state index contributed by atoms with van der Waals surface area (Å²) in [6.45, 7) is 0. The fourth-order valence-electron chi connectivity index (χ4n) is 2.11. The normalized spacial score (nSPS) is 16.7. The van der Waals surface area contributed by atoms with Gasteiger partial charge in [0, 0.05) is 6.20 Å². The van der Waals surface area contributed by atoms with Gasteiger partial charge in [0.25, 0.3) is 5.91 Å². The van der Waals surface area contributed by atoms with E-state index in [0.29, 0.717) is 12.8 Å². The second-order valence-corrected chi connectivity index (χ2v) is 4.53.